The fourth-order valence-electron chi connectivity index (χ4n) is 1.95. The first-order chi connectivity index (χ1) is 8.62. The molecule has 0 fully saturated rings. The van der Waals surface area contributed by atoms with E-state index in [2.05, 4.69) is 0 Å². The Morgan fingerprint density at radius 1 is 1.17 bits per heavy atom. The molecule has 0 heterocycles. The maximum atomic E-state index is 10.2. The predicted molar refractivity (Wildman–Crippen MR) is 70.2 cm³/mol. The van der Waals surface area contributed by atoms with Gasteiger partial charge in [-0.1, -0.05) is 6.92 Å². The summed E-state index contributed by atoms with van der Waals surface area (Å²) in [5.41, 5.74) is 0.779. The van der Waals surface area contributed by atoms with Crippen LogP contribution in [0.25, 0.3) is 0 Å². The van der Waals surface area contributed by atoms with Gasteiger partial charge in [-0.15, -0.1) is 0 Å². The Balaban J connectivity index is 2.81. The molecule has 0 aliphatic heterocycles. The van der Waals surface area contributed by atoms with Gasteiger partial charge in [0.05, 0.1) is 20.3 Å². The van der Waals surface area contributed by atoms with Crippen LogP contribution in [-0.2, 0) is 4.74 Å². The summed E-state index contributed by atoms with van der Waals surface area (Å²) < 4.78 is 15.5. The molecule has 1 aromatic rings. The maximum Gasteiger partial charge on any atom is 0.128 e. The van der Waals surface area contributed by atoms with Crippen molar-refractivity contribution in [3.63, 3.8) is 0 Å². The van der Waals surface area contributed by atoms with Gasteiger partial charge < -0.3 is 19.3 Å². The number of benzene rings is 1. The van der Waals surface area contributed by atoms with E-state index in [0.29, 0.717) is 24.5 Å². The molecule has 1 aromatic carbocycles. The molecule has 0 saturated carbocycles. The molecular formula is C14H22O4. The highest BCUT2D eigenvalue weighted by Gasteiger charge is 2.17. The average Bonchev–Trinajstić information content (AvgIpc) is 2.38. The van der Waals surface area contributed by atoms with E-state index in [1.54, 1.807) is 27.4 Å². The normalized spacial score (nSPS) is 14.1. The quantitative estimate of drug-likeness (QED) is 0.811. The third-order valence-corrected chi connectivity index (χ3v) is 2.88. The number of ether oxygens (including phenoxy) is 3. The largest absolute Gasteiger partial charge is 0.497 e. The average molecular weight is 254 g/mol. The molecule has 0 saturated heterocycles. The van der Waals surface area contributed by atoms with Crippen LogP contribution in [0.4, 0.5) is 0 Å². The Hall–Kier alpha value is -1.26. The van der Waals surface area contributed by atoms with E-state index in [1.807, 2.05) is 19.1 Å². The number of hydrogen-bond acceptors (Lipinski definition) is 4. The fraction of sp³-hybridized carbons (Fsp3) is 0.571. The lowest BCUT2D eigenvalue weighted by Crippen LogP contribution is -2.10. The van der Waals surface area contributed by atoms with E-state index in [-0.39, 0.29) is 5.92 Å². The topological polar surface area (TPSA) is 47.9 Å². The molecule has 0 aliphatic carbocycles. The molecule has 0 aliphatic rings. The number of aliphatic hydroxyl groups is 1. The first kappa shape index (κ1) is 14.8. The molecule has 1 rings (SSSR count). The van der Waals surface area contributed by atoms with Crippen LogP contribution in [0.1, 0.15) is 25.0 Å². The highest BCUT2D eigenvalue weighted by Crippen LogP contribution is 2.32. The van der Waals surface area contributed by atoms with Gasteiger partial charge in [0, 0.05) is 25.3 Å². The molecule has 0 amide bonds. The SMILES string of the molecule is COCC(C)CC(O)c1ccc(OC)cc1OC. The second-order valence-corrected chi connectivity index (χ2v) is 4.42. The van der Waals surface area contributed by atoms with Gasteiger partial charge in [-0.2, -0.15) is 0 Å². The zero-order valence-electron chi connectivity index (χ0n) is 11.5. The number of aliphatic hydroxyl groups excluding tert-OH is 1. The minimum Gasteiger partial charge on any atom is -0.497 e. The standard InChI is InChI=1S/C14H22O4/c1-10(9-16-2)7-13(15)12-6-5-11(17-3)8-14(12)18-4/h5-6,8,10,13,15H,7,9H2,1-4H3. The van der Waals surface area contributed by atoms with Crippen molar-refractivity contribution in [1.82, 2.24) is 0 Å². The van der Waals surface area contributed by atoms with Crippen molar-refractivity contribution in [3.8, 4) is 11.5 Å². The van der Waals surface area contributed by atoms with Gasteiger partial charge in [-0.25, -0.2) is 0 Å². The van der Waals surface area contributed by atoms with Gasteiger partial charge in [-0.05, 0) is 24.5 Å². The Bertz CT molecular complexity index is 365. The van der Waals surface area contributed by atoms with Crippen LogP contribution in [0, 0.1) is 5.92 Å². The zero-order chi connectivity index (χ0) is 13.5. The summed E-state index contributed by atoms with van der Waals surface area (Å²) in [7, 11) is 4.85. The van der Waals surface area contributed by atoms with Crippen LogP contribution in [0.5, 0.6) is 11.5 Å². The number of hydrogen-bond donors (Lipinski definition) is 1. The Kier molecular flexibility index (Phi) is 5.95. The van der Waals surface area contributed by atoms with Crippen molar-refractivity contribution >= 4 is 0 Å². The van der Waals surface area contributed by atoms with Gasteiger partial charge in [-0.3, -0.25) is 0 Å². The molecular weight excluding hydrogens is 232 g/mol. The minimum atomic E-state index is -0.559. The smallest absolute Gasteiger partial charge is 0.128 e. The number of rotatable bonds is 7. The molecule has 2 atom stereocenters. The van der Waals surface area contributed by atoms with Gasteiger partial charge in [0.2, 0.25) is 0 Å². The van der Waals surface area contributed by atoms with E-state index < -0.39 is 6.10 Å². The van der Waals surface area contributed by atoms with Gasteiger partial charge in [0.15, 0.2) is 0 Å². The lowest BCUT2D eigenvalue weighted by atomic mass is 9.98. The second kappa shape index (κ2) is 7.24. The van der Waals surface area contributed by atoms with Crippen LogP contribution in [0.3, 0.4) is 0 Å². The van der Waals surface area contributed by atoms with E-state index in [9.17, 15) is 5.11 Å². The van der Waals surface area contributed by atoms with Crippen molar-refractivity contribution < 1.29 is 19.3 Å². The Labute approximate surface area is 108 Å². The third kappa shape index (κ3) is 3.89. The summed E-state index contributed by atoms with van der Waals surface area (Å²) in [4.78, 5) is 0. The highest BCUT2D eigenvalue weighted by molar-refractivity contribution is 5.41. The Morgan fingerprint density at radius 2 is 1.89 bits per heavy atom. The third-order valence-electron chi connectivity index (χ3n) is 2.88. The summed E-state index contributed by atoms with van der Waals surface area (Å²) in [5, 5.41) is 10.2. The Morgan fingerprint density at radius 3 is 2.44 bits per heavy atom. The monoisotopic (exact) mass is 254 g/mol. The first-order valence-electron chi connectivity index (χ1n) is 6.01. The van der Waals surface area contributed by atoms with E-state index in [4.69, 9.17) is 14.2 Å². The molecule has 4 nitrogen and oxygen atoms in total. The van der Waals surface area contributed by atoms with Gasteiger partial charge in [0.1, 0.15) is 11.5 Å². The lowest BCUT2D eigenvalue weighted by molar-refractivity contribution is 0.100. The fourth-order valence-corrected chi connectivity index (χ4v) is 1.95. The van der Waals surface area contributed by atoms with Crippen molar-refractivity contribution in [1.29, 1.82) is 0 Å². The summed E-state index contributed by atoms with van der Waals surface area (Å²) in [6.45, 7) is 2.68. The zero-order valence-corrected chi connectivity index (χ0v) is 11.5. The summed E-state index contributed by atoms with van der Waals surface area (Å²) in [5.74, 6) is 1.65. The van der Waals surface area contributed by atoms with E-state index in [0.717, 1.165) is 5.56 Å². The van der Waals surface area contributed by atoms with E-state index >= 15 is 0 Å². The van der Waals surface area contributed by atoms with Crippen LogP contribution >= 0.6 is 0 Å². The predicted octanol–water partition coefficient (Wildman–Crippen LogP) is 2.41. The van der Waals surface area contributed by atoms with Crippen LogP contribution in [0.15, 0.2) is 18.2 Å². The molecule has 0 aromatic heterocycles. The van der Waals surface area contributed by atoms with Gasteiger partial charge in [0.25, 0.3) is 0 Å². The van der Waals surface area contributed by atoms with Crippen molar-refractivity contribution in [3.05, 3.63) is 23.8 Å². The van der Waals surface area contributed by atoms with Crippen LogP contribution < -0.4 is 9.47 Å². The van der Waals surface area contributed by atoms with Crippen LogP contribution in [0.2, 0.25) is 0 Å². The molecule has 4 heteroatoms. The molecule has 102 valence electrons. The molecule has 18 heavy (non-hydrogen) atoms. The summed E-state index contributed by atoms with van der Waals surface area (Å²) in [6, 6.07) is 5.43. The van der Waals surface area contributed by atoms with Gasteiger partial charge >= 0.3 is 0 Å². The minimum absolute atomic E-state index is 0.289. The first-order valence-corrected chi connectivity index (χ1v) is 6.01. The maximum absolute atomic E-state index is 10.2. The van der Waals surface area contributed by atoms with E-state index in [1.165, 1.54) is 0 Å². The van der Waals surface area contributed by atoms with Crippen molar-refractivity contribution in [2.45, 2.75) is 19.4 Å². The lowest BCUT2D eigenvalue weighted by Gasteiger charge is -2.18. The summed E-state index contributed by atoms with van der Waals surface area (Å²) >= 11 is 0. The number of methoxy groups -OCH3 is 3. The molecule has 0 spiro atoms. The molecule has 1 N–H and O–H groups in total. The molecule has 0 radical (unpaired) electrons. The molecule has 2 unspecified atom stereocenters. The molecule has 0 bridgehead atoms. The second-order valence-electron chi connectivity index (χ2n) is 4.42. The van der Waals surface area contributed by atoms with Crippen molar-refractivity contribution in [2.24, 2.45) is 5.92 Å². The summed E-state index contributed by atoms with van der Waals surface area (Å²) in [6.07, 6.45) is 0.0762. The van der Waals surface area contributed by atoms with Crippen LogP contribution in [-0.4, -0.2) is 33.0 Å². The highest BCUT2D eigenvalue weighted by atomic mass is 16.5. The van der Waals surface area contributed by atoms with Crippen molar-refractivity contribution in [2.75, 3.05) is 27.9 Å².